The number of H-pyrrole nitrogens is 1. The zero-order chi connectivity index (χ0) is 18.4. The van der Waals surface area contributed by atoms with Crippen LogP contribution in [0.5, 0.6) is 0 Å². The summed E-state index contributed by atoms with van der Waals surface area (Å²) in [5.74, 6) is 1.90. The summed E-state index contributed by atoms with van der Waals surface area (Å²) in [6.07, 6.45) is 0. The summed E-state index contributed by atoms with van der Waals surface area (Å²) in [6.45, 7) is 14.7. The van der Waals surface area contributed by atoms with Crippen LogP contribution in [0.15, 0.2) is 22.6 Å². The largest absolute Gasteiger partial charge is 0.460 e. The molecule has 0 aromatic carbocycles. The molecule has 0 bridgehead atoms. The van der Waals surface area contributed by atoms with Gasteiger partial charge in [-0.15, -0.1) is 0 Å². The first-order valence-corrected chi connectivity index (χ1v) is 9.08. The first-order valence-electron chi connectivity index (χ1n) is 9.08. The zero-order valence-corrected chi connectivity index (χ0v) is 16.0. The van der Waals surface area contributed by atoms with Gasteiger partial charge in [0.1, 0.15) is 11.5 Å². The van der Waals surface area contributed by atoms with Crippen LogP contribution in [0.2, 0.25) is 0 Å². The molecule has 2 heterocycles. The predicted molar refractivity (Wildman–Crippen MR) is 99.6 cm³/mol. The van der Waals surface area contributed by atoms with E-state index < -0.39 is 0 Å². The van der Waals surface area contributed by atoms with Crippen LogP contribution in [0.25, 0.3) is 11.5 Å². The average molecular weight is 346 g/mol. The molecule has 0 atom stereocenters. The van der Waals surface area contributed by atoms with Crippen molar-refractivity contribution in [1.29, 1.82) is 0 Å². The highest BCUT2D eigenvalue weighted by Crippen LogP contribution is 2.21. The third-order valence-corrected chi connectivity index (χ3v) is 4.26. The zero-order valence-electron chi connectivity index (χ0n) is 16.0. The lowest BCUT2D eigenvalue weighted by atomic mass is 10.2. The van der Waals surface area contributed by atoms with Gasteiger partial charge >= 0.3 is 0 Å². The number of carbonyl (C=O) groups is 1. The number of hydrogen-bond acceptors (Lipinski definition) is 4. The summed E-state index contributed by atoms with van der Waals surface area (Å²) in [4.78, 5) is 17.1. The summed E-state index contributed by atoms with van der Waals surface area (Å²) < 4.78 is 5.59. The monoisotopic (exact) mass is 346 g/mol. The summed E-state index contributed by atoms with van der Waals surface area (Å²) in [7, 11) is 0. The summed E-state index contributed by atoms with van der Waals surface area (Å²) in [6, 6.07) is 5.54. The van der Waals surface area contributed by atoms with E-state index in [1.54, 1.807) is 6.07 Å². The number of aromatic nitrogens is 2. The van der Waals surface area contributed by atoms with E-state index in [4.69, 9.17) is 4.42 Å². The van der Waals surface area contributed by atoms with Gasteiger partial charge in [0.05, 0.1) is 0 Å². The summed E-state index contributed by atoms with van der Waals surface area (Å²) in [5, 5.41) is 7.12. The Morgan fingerprint density at radius 2 is 1.96 bits per heavy atom. The van der Waals surface area contributed by atoms with Gasteiger partial charge in [-0.1, -0.05) is 27.7 Å². The molecule has 1 N–H and O–H groups in total. The quantitative estimate of drug-likeness (QED) is 0.755. The van der Waals surface area contributed by atoms with Crippen molar-refractivity contribution in [2.24, 2.45) is 5.92 Å². The number of likely N-dealkylation sites (N-methyl/N-ethyl adjacent to an activating group) is 1. The van der Waals surface area contributed by atoms with Crippen molar-refractivity contribution in [1.82, 2.24) is 20.0 Å². The molecule has 0 aliphatic carbocycles. The molecule has 6 heteroatoms. The van der Waals surface area contributed by atoms with E-state index in [0.717, 1.165) is 37.6 Å². The van der Waals surface area contributed by atoms with E-state index >= 15 is 0 Å². The van der Waals surface area contributed by atoms with E-state index in [1.807, 2.05) is 24.0 Å². The Morgan fingerprint density at radius 1 is 1.24 bits per heavy atom. The third kappa shape index (κ3) is 5.19. The van der Waals surface area contributed by atoms with Crippen LogP contribution < -0.4 is 0 Å². The van der Waals surface area contributed by atoms with Crippen molar-refractivity contribution in [2.45, 2.75) is 34.6 Å². The standard InChI is InChI=1S/C19H30N4O2/c1-6-22(7-2)10-11-23(13-14(3)4)19(24)17-12-16(20-21-17)18-9-8-15(5)25-18/h8-9,12,14H,6-7,10-11,13H2,1-5H3,(H,20,21). The Bertz CT molecular complexity index is 671. The molecular weight excluding hydrogens is 316 g/mol. The molecule has 138 valence electrons. The van der Waals surface area contributed by atoms with Gasteiger partial charge in [-0.3, -0.25) is 9.89 Å². The van der Waals surface area contributed by atoms with Crippen molar-refractivity contribution in [3.8, 4) is 11.5 Å². The summed E-state index contributed by atoms with van der Waals surface area (Å²) >= 11 is 0. The fourth-order valence-electron chi connectivity index (χ4n) is 2.82. The second-order valence-electron chi connectivity index (χ2n) is 6.75. The van der Waals surface area contributed by atoms with Crippen LogP contribution in [0, 0.1) is 12.8 Å². The molecule has 25 heavy (non-hydrogen) atoms. The fourth-order valence-corrected chi connectivity index (χ4v) is 2.82. The van der Waals surface area contributed by atoms with E-state index in [9.17, 15) is 4.79 Å². The van der Waals surface area contributed by atoms with Crippen LogP contribution >= 0.6 is 0 Å². The lowest BCUT2D eigenvalue weighted by Crippen LogP contribution is -2.40. The molecule has 2 rings (SSSR count). The second kappa shape index (κ2) is 8.85. The number of furan rings is 1. The first-order chi connectivity index (χ1) is 11.9. The topological polar surface area (TPSA) is 65.4 Å². The molecule has 0 spiro atoms. The Kier molecular flexibility index (Phi) is 6.82. The van der Waals surface area contributed by atoms with Gasteiger partial charge in [0.25, 0.3) is 5.91 Å². The molecule has 0 saturated heterocycles. The average Bonchev–Trinajstić information content (AvgIpc) is 3.22. The van der Waals surface area contributed by atoms with E-state index in [2.05, 4.69) is 42.8 Å². The normalized spacial score (nSPS) is 11.5. The van der Waals surface area contributed by atoms with E-state index in [-0.39, 0.29) is 5.91 Å². The van der Waals surface area contributed by atoms with Crippen LogP contribution in [0.4, 0.5) is 0 Å². The number of amides is 1. The SMILES string of the molecule is CCN(CC)CCN(CC(C)C)C(=O)c1cc(-c2ccc(C)o2)[nH]n1. The minimum atomic E-state index is -0.0355. The van der Waals surface area contributed by atoms with E-state index in [0.29, 0.717) is 23.9 Å². The molecule has 6 nitrogen and oxygen atoms in total. The highest BCUT2D eigenvalue weighted by atomic mass is 16.3. The Balaban J connectivity index is 2.11. The number of aromatic amines is 1. The van der Waals surface area contributed by atoms with Crippen LogP contribution in [0.1, 0.15) is 43.9 Å². The van der Waals surface area contributed by atoms with Gasteiger partial charge in [-0.05, 0) is 38.1 Å². The molecule has 0 aliphatic heterocycles. The van der Waals surface area contributed by atoms with Gasteiger partial charge < -0.3 is 14.2 Å². The highest BCUT2D eigenvalue weighted by Gasteiger charge is 2.21. The third-order valence-electron chi connectivity index (χ3n) is 4.26. The number of rotatable bonds is 9. The number of aryl methyl sites for hydroxylation is 1. The number of carbonyl (C=O) groups excluding carboxylic acids is 1. The highest BCUT2D eigenvalue weighted by molar-refractivity contribution is 5.93. The maximum atomic E-state index is 12.9. The van der Waals surface area contributed by atoms with Crippen molar-refractivity contribution in [2.75, 3.05) is 32.7 Å². The number of hydrogen-bond donors (Lipinski definition) is 1. The molecule has 1 amide bonds. The minimum absolute atomic E-state index is 0.0355. The van der Waals surface area contributed by atoms with Gasteiger partial charge in [-0.2, -0.15) is 5.10 Å². The fraction of sp³-hybridized carbons (Fsp3) is 0.579. The van der Waals surface area contributed by atoms with Crippen LogP contribution in [-0.2, 0) is 0 Å². The van der Waals surface area contributed by atoms with Gasteiger partial charge in [0, 0.05) is 25.7 Å². The first kappa shape index (κ1) is 19.2. The smallest absolute Gasteiger partial charge is 0.274 e. The lowest BCUT2D eigenvalue weighted by molar-refractivity contribution is 0.0710. The molecule has 0 unspecified atom stereocenters. The molecule has 2 aromatic rings. The van der Waals surface area contributed by atoms with Crippen molar-refractivity contribution in [3.63, 3.8) is 0 Å². The van der Waals surface area contributed by atoms with Gasteiger partial charge in [-0.25, -0.2) is 0 Å². The van der Waals surface area contributed by atoms with Gasteiger partial charge in [0.2, 0.25) is 0 Å². The predicted octanol–water partition coefficient (Wildman–Crippen LogP) is 3.42. The Hall–Kier alpha value is -2.08. The van der Waals surface area contributed by atoms with Crippen molar-refractivity contribution >= 4 is 5.91 Å². The molecule has 2 aromatic heterocycles. The maximum absolute atomic E-state index is 12.9. The molecule has 0 radical (unpaired) electrons. The molecule has 0 aliphatic rings. The minimum Gasteiger partial charge on any atom is -0.460 e. The van der Waals surface area contributed by atoms with Crippen molar-refractivity contribution < 1.29 is 9.21 Å². The molecule has 0 saturated carbocycles. The maximum Gasteiger partial charge on any atom is 0.274 e. The summed E-state index contributed by atoms with van der Waals surface area (Å²) in [5.41, 5.74) is 1.16. The molecular formula is C19H30N4O2. The molecule has 0 fully saturated rings. The number of nitrogens with one attached hydrogen (secondary N) is 1. The van der Waals surface area contributed by atoms with Crippen LogP contribution in [0.3, 0.4) is 0 Å². The van der Waals surface area contributed by atoms with E-state index in [1.165, 1.54) is 0 Å². The lowest BCUT2D eigenvalue weighted by Gasteiger charge is -2.27. The Morgan fingerprint density at radius 3 is 2.52 bits per heavy atom. The number of nitrogens with zero attached hydrogens (tertiary/aromatic N) is 3. The van der Waals surface area contributed by atoms with Crippen molar-refractivity contribution in [3.05, 3.63) is 29.7 Å². The van der Waals surface area contributed by atoms with Gasteiger partial charge in [0.15, 0.2) is 11.5 Å². The second-order valence-corrected chi connectivity index (χ2v) is 6.75. The Labute approximate surface area is 150 Å². The van der Waals surface area contributed by atoms with Crippen LogP contribution in [-0.4, -0.2) is 58.6 Å².